The molecule has 1 N–H and O–H groups in total. The number of thioether (sulfide) groups is 1. The molecule has 0 saturated carbocycles. The number of nitrogens with one attached hydrogen (secondary N) is 1. The number of benzene rings is 2. The smallest absolute Gasteiger partial charge is 0.166 e. The van der Waals surface area contributed by atoms with Crippen molar-refractivity contribution in [2.45, 2.75) is 12.1 Å². The molecule has 6 heteroatoms. The average Bonchev–Trinajstić information content (AvgIpc) is 3.01. The maximum atomic E-state index is 5.99. The maximum Gasteiger partial charge on any atom is 0.166 e. The summed E-state index contributed by atoms with van der Waals surface area (Å²) in [7, 11) is 1.65. The lowest BCUT2D eigenvalue weighted by molar-refractivity contribution is 0.313. The molecule has 0 amide bonds. The van der Waals surface area contributed by atoms with E-state index in [9.17, 15) is 0 Å². The number of imidazole rings is 1. The van der Waals surface area contributed by atoms with Crippen molar-refractivity contribution in [2.24, 2.45) is 0 Å². The Balaban J connectivity index is 1.57. The average molecular weight is 375 g/mol. The van der Waals surface area contributed by atoms with E-state index in [0.717, 1.165) is 39.0 Å². The number of nitrogens with zero attached hydrogens (tertiary/aromatic N) is 1. The first-order valence-corrected chi connectivity index (χ1v) is 9.27. The van der Waals surface area contributed by atoms with Crippen LogP contribution in [-0.4, -0.2) is 29.4 Å². The highest BCUT2D eigenvalue weighted by atomic mass is 35.5. The van der Waals surface area contributed by atoms with E-state index >= 15 is 0 Å². The van der Waals surface area contributed by atoms with Gasteiger partial charge < -0.3 is 14.5 Å². The third kappa shape index (κ3) is 4.50. The van der Waals surface area contributed by atoms with Crippen molar-refractivity contribution < 1.29 is 9.47 Å². The number of aromatic nitrogens is 2. The van der Waals surface area contributed by atoms with Gasteiger partial charge in [-0.1, -0.05) is 41.6 Å². The van der Waals surface area contributed by atoms with Crippen molar-refractivity contribution in [3.05, 3.63) is 53.1 Å². The van der Waals surface area contributed by atoms with E-state index < -0.39 is 0 Å². The lowest BCUT2D eigenvalue weighted by Crippen LogP contribution is -2.02. The molecule has 0 saturated heterocycles. The number of hydrogen-bond donors (Lipinski definition) is 1. The lowest BCUT2D eigenvalue weighted by atomic mass is 10.2. The molecule has 0 spiro atoms. The number of methoxy groups -OCH3 is 1. The van der Waals surface area contributed by atoms with Crippen LogP contribution < -0.4 is 9.47 Å². The minimum Gasteiger partial charge on any atom is -0.493 e. The van der Waals surface area contributed by atoms with Gasteiger partial charge >= 0.3 is 0 Å². The zero-order valence-corrected chi connectivity index (χ0v) is 15.7. The molecular weight excluding hydrogens is 356 g/mol. The molecule has 1 aromatic heterocycles. The van der Waals surface area contributed by atoms with Crippen LogP contribution in [0, 0.1) is 0 Å². The Hall–Kier alpha value is -2.11. The van der Waals surface area contributed by atoms with Crippen LogP contribution in [0.25, 0.3) is 17.1 Å². The van der Waals surface area contributed by atoms with Crippen LogP contribution in [0.5, 0.6) is 11.5 Å². The van der Waals surface area contributed by atoms with Crippen molar-refractivity contribution >= 4 is 40.5 Å². The zero-order valence-electron chi connectivity index (χ0n) is 14.1. The summed E-state index contributed by atoms with van der Waals surface area (Å²) in [6.07, 6.45) is 4.02. The fraction of sp³-hybridized carbons (Fsp3) is 0.211. The van der Waals surface area contributed by atoms with E-state index in [1.54, 1.807) is 18.9 Å². The van der Waals surface area contributed by atoms with Gasteiger partial charge in [-0.05, 0) is 42.8 Å². The normalized spacial score (nSPS) is 11.3. The molecule has 0 unspecified atom stereocenters. The molecule has 130 valence electrons. The molecule has 4 nitrogen and oxygen atoms in total. The minimum absolute atomic E-state index is 0.557. The van der Waals surface area contributed by atoms with E-state index in [4.69, 9.17) is 21.1 Å². The Bertz CT molecular complexity index is 892. The van der Waals surface area contributed by atoms with E-state index in [2.05, 4.69) is 9.97 Å². The first kappa shape index (κ1) is 17.7. The predicted molar refractivity (Wildman–Crippen MR) is 105 cm³/mol. The molecule has 0 aliphatic rings. The molecule has 3 aromatic rings. The summed E-state index contributed by atoms with van der Waals surface area (Å²) in [5.74, 6) is 2.25. The van der Waals surface area contributed by atoms with E-state index in [1.807, 2.05) is 55.5 Å². The molecule has 0 bridgehead atoms. The van der Waals surface area contributed by atoms with Gasteiger partial charge in [-0.25, -0.2) is 4.98 Å². The summed E-state index contributed by atoms with van der Waals surface area (Å²) in [6.45, 7) is 2.54. The van der Waals surface area contributed by atoms with Crippen molar-refractivity contribution in [3.8, 4) is 11.5 Å². The van der Waals surface area contributed by atoms with Crippen LogP contribution in [0.15, 0.2) is 47.6 Å². The largest absolute Gasteiger partial charge is 0.493 e. The summed E-state index contributed by atoms with van der Waals surface area (Å²) in [6, 6.07) is 11.5. The Kier molecular flexibility index (Phi) is 5.89. The number of fused-ring (bicyclic) bond motifs is 1. The molecule has 2 aromatic carbocycles. The Morgan fingerprint density at radius 1 is 1.20 bits per heavy atom. The van der Waals surface area contributed by atoms with Gasteiger partial charge in [0.05, 0.1) is 24.8 Å². The van der Waals surface area contributed by atoms with Gasteiger partial charge in [0.1, 0.15) is 0 Å². The number of hydrogen-bond acceptors (Lipinski definition) is 4. The second-order valence-corrected chi connectivity index (χ2v) is 6.83. The summed E-state index contributed by atoms with van der Waals surface area (Å²) < 4.78 is 11.2. The second kappa shape index (κ2) is 8.32. The third-order valence-corrected chi connectivity index (χ3v) is 4.62. The molecule has 0 fully saturated rings. The Labute approximate surface area is 156 Å². The van der Waals surface area contributed by atoms with Gasteiger partial charge in [-0.2, -0.15) is 0 Å². The quantitative estimate of drug-likeness (QED) is 0.442. The Morgan fingerprint density at radius 3 is 2.88 bits per heavy atom. The SMILES string of the molecule is C/C=C/c1ccc(OCCSc2nc3ccc(Cl)cc3[nH]2)c(OC)c1. The van der Waals surface area contributed by atoms with Crippen LogP contribution in [0.4, 0.5) is 0 Å². The van der Waals surface area contributed by atoms with Crippen LogP contribution in [0.1, 0.15) is 12.5 Å². The predicted octanol–water partition coefficient (Wildman–Crippen LogP) is 5.43. The summed E-state index contributed by atoms with van der Waals surface area (Å²) in [4.78, 5) is 7.78. The number of aromatic amines is 1. The van der Waals surface area contributed by atoms with Crippen LogP contribution >= 0.6 is 23.4 Å². The van der Waals surface area contributed by atoms with Crippen molar-refractivity contribution in [1.82, 2.24) is 9.97 Å². The van der Waals surface area contributed by atoms with Gasteiger partial charge in [-0.15, -0.1) is 0 Å². The minimum atomic E-state index is 0.557. The summed E-state index contributed by atoms with van der Waals surface area (Å²) >= 11 is 7.60. The molecule has 0 atom stereocenters. The second-order valence-electron chi connectivity index (χ2n) is 5.31. The van der Waals surface area contributed by atoms with Crippen LogP contribution in [0.3, 0.4) is 0 Å². The highest BCUT2D eigenvalue weighted by Crippen LogP contribution is 2.29. The highest BCUT2D eigenvalue weighted by molar-refractivity contribution is 7.99. The van der Waals surface area contributed by atoms with E-state index in [-0.39, 0.29) is 0 Å². The standard InChI is InChI=1S/C19H19ClN2O2S/c1-3-4-13-5-8-17(18(11-13)23-2)24-9-10-25-19-21-15-7-6-14(20)12-16(15)22-19/h3-8,11-12H,9-10H2,1-2H3,(H,21,22)/b4-3+. The first-order chi connectivity index (χ1) is 12.2. The van der Waals surface area contributed by atoms with Crippen molar-refractivity contribution in [3.63, 3.8) is 0 Å². The molecule has 0 aliphatic heterocycles. The lowest BCUT2D eigenvalue weighted by Gasteiger charge is -2.11. The summed E-state index contributed by atoms with van der Waals surface area (Å²) in [5.41, 5.74) is 2.94. The van der Waals surface area contributed by atoms with Gasteiger partial charge in [0.25, 0.3) is 0 Å². The number of H-pyrrole nitrogens is 1. The van der Waals surface area contributed by atoms with Crippen molar-refractivity contribution in [2.75, 3.05) is 19.5 Å². The van der Waals surface area contributed by atoms with Gasteiger partial charge in [0, 0.05) is 10.8 Å². The molecule has 3 rings (SSSR count). The first-order valence-electron chi connectivity index (χ1n) is 7.91. The number of allylic oxidation sites excluding steroid dienone is 1. The van der Waals surface area contributed by atoms with Crippen molar-refractivity contribution in [1.29, 1.82) is 0 Å². The highest BCUT2D eigenvalue weighted by Gasteiger charge is 2.07. The van der Waals surface area contributed by atoms with E-state index in [1.165, 1.54) is 0 Å². The fourth-order valence-electron chi connectivity index (χ4n) is 2.42. The van der Waals surface area contributed by atoms with Crippen LogP contribution in [-0.2, 0) is 0 Å². The van der Waals surface area contributed by atoms with Gasteiger partial charge in [0.2, 0.25) is 0 Å². The topological polar surface area (TPSA) is 47.1 Å². The fourth-order valence-corrected chi connectivity index (χ4v) is 3.29. The molecule has 25 heavy (non-hydrogen) atoms. The van der Waals surface area contributed by atoms with E-state index in [0.29, 0.717) is 11.6 Å². The molecule has 0 radical (unpaired) electrons. The third-order valence-electron chi connectivity index (χ3n) is 3.55. The van der Waals surface area contributed by atoms with Gasteiger partial charge in [0.15, 0.2) is 16.7 Å². The summed E-state index contributed by atoms with van der Waals surface area (Å²) in [5, 5.41) is 1.56. The zero-order chi connectivity index (χ0) is 17.6. The van der Waals surface area contributed by atoms with Crippen LogP contribution in [0.2, 0.25) is 5.02 Å². The Morgan fingerprint density at radius 2 is 2.08 bits per heavy atom. The van der Waals surface area contributed by atoms with Gasteiger partial charge in [-0.3, -0.25) is 0 Å². The molecular formula is C19H19ClN2O2S. The number of halogens is 1. The monoisotopic (exact) mass is 374 g/mol. The molecule has 0 aliphatic carbocycles. The number of ether oxygens (including phenoxy) is 2. The number of rotatable bonds is 7. The maximum absolute atomic E-state index is 5.99. The molecule has 1 heterocycles.